The topological polar surface area (TPSA) is 50.7 Å². The fraction of sp³-hybridized carbons (Fsp3) is 0.667. The first kappa shape index (κ1) is 15.8. The Bertz CT molecular complexity index is 458. The van der Waals surface area contributed by atoms with Crippen LogP contribution in [0.5, 0.6) is 5.75 Å². The molecule has 0 saturated heterocycles. The van der Waals surface area contributed by atoms with Gasteiger partial charge in [-0.25, -0.2) is 0 Å². The van der Waals surface area contributed by atoms with Crippen molar-refractivity contribution in [2.24, 2.45) is 5.92 Å². The second-order valence-corrected chi connectivity index (χ2v) is 6.30. The summed E-state index contributed by atoms with van der Waals surface area (Å²) >= 11 is 0. The van der Waals surface area contributed by atoms with Gasteiger partial charge >= 0.3 is 0 Å². The molecule has 4 nitrogen and oxygen atoms in total. The van der Waals surface area contributed by atoms with Crippen LogP contribution in [-0.4, -0.2) is 43.6 Å². The van der Waals surface area contributed by atoms with Crippen molar-refractivity contribution in [3.8, 4) is 5.75 Å². The molecule has 4 heteroatoms. The Morgan fingerprint density at radius 3 is 2.68 bits per heavy atom. The molecule has 22 heavy (non-hydrogen) atoms. The molecule has 0 aromatic heterocycles. The SMILES string of the molecule is [2H]C(O)(CNC(C)C)COc1ccc(CCOCC2CC2)cc1. The van der Waals surface area contributed by atoms with Crippen LogP contribution in [0.4, 0.5) is 0 Å². The van der Waals surface area contributed by atoms with Gasteiger partial charge in [0.25, 0.3) is 0 Å². The summed E-state index contributed by atoms with van der Waals surface area (Å²) < 4.78 is 19.0. The maximum Gasteiger partial charge on any atom is 0.119 e. The molecule has 1 fully saturated rings. The van der Waals surface area contributed by atoms with E-state index in [1.54, 1.807) is 0 Å². The van der Waals surface area contributed by atoms with Gasteiger partial charge in [-0.05, 0) is 42.9 Å². The third-order valence-electron chi connectivity index (χ3n) is 3.63. The maximum atomic E-state index is 9.94. The van der Waals surface area contributed by atoms with Crippen LogP contribution in [0.3, 0.4) is 0 Å². The van der Waals surface area contributed by atoms with Gasteiger partial charge in [-0.3, -0.25) is 0 Å². The van der Waals surface area contributed by atoms with Crippen LogP contribution in [0.2, 0.25) is 0 Å². The highest BCUT2D eigenvalue weighted by Crippen LogP contribution is 2.28. The molecule has 2 rings (SSSR count). The summed E-state index contributed by atoms with van der Waals surface area (Å²) in [5, 5.41) is 13.0. The first-order chi connectivity index (χ1) is 10.9. The molecule has 0 amide bonds. The summed E-state index contributed by atoms with van der Waals surface area (Å²) in [5.74, 6) is 1.47. The maximum absolute atomic E-state index is 9.94. The van der Waals surface area contributed by atoms with Crippen LogP contribution >= 0.6 is 0 Å². The standard InChI is InChI=1S/C18H29NO3/c1-14(2)19-11-17(20)13-22-18-7-5-15(6-8-18)9-10-21-12-16-3-4-16/h5-8,14,16-17,19-20H,3-4,9-13H2,1-2H3/i17D. The molecule has 1 aromatic rings. The molecule has 124 valence electrons. The van der Waals surface area contributed by atoms with E-state index < -0.39 is 6.08 Å². The van der Waals surface area contributed by atoms with E-state index in [1.165, 1.54) is 18.4 Å². The van der Waals surface area contributed by atoms with Crippen LogP contribution < -0.4 is 10.1 Å². The van der Waals surface area contributed by atoms with E-state index >= 15 is 0 Å². The lowest BCUT2D eigenvalue weighted by Crippen LogP contribution is -2.35. The predicted octanol–water partition coefficient (Wildman–Crippen LogP) is 2.39. The van der Waals surface area contributed by atoms with Crippen molar-refractivity contribution >= 4 is 0 Å². The number of hydrogen-bond donors (Lipinski definition) is 2. The number of nitrogens with one attached hydrogen (secondary N) is 1. The van der Waals surface area contributed by atoms with E-state index in [-0.39, 0.29) is 19.2 Å². The van der Waals surface area contributed by atoms with Gasteiger partial charge in [0.2, 0.25) is 0 Å². The fourth-order valence-corrected chi connectivity index (χ4v) is 2.02. The number of aliphatic hydroxyl groups is 1. The summed E-state index contributed by atoms with van der Waals surface area (Å²) in [7, 11) is 0. The van der Waals surface area contributed by atoms with Gasteiger partial charge in [-0.15, -0.1) is 0 Å². The molecule has 1 aromatic carbocycles. The Morgan fingerprint density at radius 1 is 1.32 bits per heavy atom. The lowest BCUT2D eigenvalue weighted by atomic mass is 10.1. The highest BCUT2D eigenvalue weighted by Gasteiger charge is 2.20. The summed E-state index contributed by atoms with van der Waals surface area (Å²) in [6.07, 6.45) is 1.91. The zero-order chi connectivity index (χ0) is 16.7. The van der Waals surface area contributed by atoms with Crippen molar-refractivity contribution in [2.45, 2.75) is 45.2 Å². The van der Waals surface area contributed by atoms with E-state index in [0.717, 1.165) is 25.6 Å². The second kappa shape index (κ2) is 9.13. The molecule has 0 spiro atoms. The minimum atomic E-state index is -1.63. The predicted molar refractivity (Wildman–Crippen MR) is 88.3 cm³/mol. The lowest BCUT2D eigenvalue weighted by molar-refractivity contribution is 0.104. The van der Waals surface area contributed by atoms with Gasteiger partial charge in [0, 0.05) is 19.2 Å². The molecule has 0 bridgehead atoms. The van der Waals surface area contributed by atoms with Crippen LogP contribution in [0, 0.1) is 5.92 Å². The van der Waals surface area contributed by atoms with Crippen LogP contribution in [0.25, 0.3) is 0 Å². The number of hydrogen-bond acceptors (Lipinski definition) is 4. The largest absolute Gasteiger partial charge is 0.491 e. The molecule has 1 atom stereocenters. The summed E-state index contributed by atoms with van der Waals surface area (Å²) in [6, 6.07) is 7.99. The van der Waals surface area contributed by atoms with Crippen molar-refractivity contribution in [2.75, 3.05) is 26.4 Å². The van der Waals surface area contributed by atoms with Gasteiger partial charge in [0.05, 0.1) is 7.98 Å². The van der Waals surface area contributed by atoms with Crippen LogP contribution in [-0.2, 0) is 11.2 Å². The van der Waals surface area contributed by atoms with Crippen molar-refractivity contribution in [3.63, 3.8) is 0 Å². The molecule has 1 aliphatic rings. The third-order valence-corrected chi connectivity index (χ3v) is 3.63. The van der Waals surface area contributed by atoms with Gasteiger partial charge in [0.1, 0.15) is 18.4 Å². The highest BCUT2D eigenvalue weighted by molar-refractivity contribution is 5.27. The molecule has 0 radical (unpaired) electrons. The van der Waals surface area contributed by atoms with E-state index in [4.69, 9.17) is 10.8 Å². The summed E-state index contributed by atoms with van der Waals surface area (Å²) in [6.45, 7) is 5.73. The van der Waals surface area contributed by atoms with Crippen molar-refractivity contribution in [1.29, 1.82) is 0 Å². The zero-order valence-corrected chi connectivity index (χ0v) is 13.7. The molecule has 1 unspecified atom stereocenters. The first-order valence-corrected chi connectivity index (χ1v) is 8.20. The lowest BCUT2D eigenvalue weighted by Gasteiger charge is -2.15. The molecule has 0 aliphatic heterocycles. The van der Waals surface area contributed by atoms with E-state index in [0.29, 0.717) is 5.75 Å². The molecule has 1 aliphatic carbocycles. The van der Waals surface area contributed by atoms with Crippen LogP contribution in [0.15, 0.2) is 24.3 Å². The average molecular weight is 308 g/mol. The normalized spacial score (nSPS) is 18.1. The number of ether oxygens (including phenoxy) is 2. The molecule has 0 heterocycles. The van der Waals surface area contributed by atoms with Crippen molar-refractivity contribution in [3.05, 3.63) is 29.8 Å². The Labute approximate surface area is 135 Å². The van der Waals surface area contributed by atoms with Gasteiger partial charge in [0.15, 0.2) is 0 Å². The fourth-order valence-electron chi connectivity index (χ4n) is 2.02. The quantitative estimate of drug-likeness (QED) is 0.616. The Hall–Kier alpha value is -1.10. The van der Waals surface area contributed by atoms with Gasteiger partial charge in [-0.1, -0.05) is 26.0 Å². The first-order valence-electron chi connectivity index (χ1n) is 8.70. The summed E-state index contributed by atoms with van der Waals surface area (Å²) in [4.78, 5) is 0. The number of rotatable bonds is 11. The summed E-state index contributed by atoms with van der Waals surface area (Å²) in [5.41, 5.74) is 1.20. The van der Waals surface area contributed by atoms with Gasteiger partial charge < -0.3 is 19.9 Å². The molecule has 2 N–H and O–H groups in total. The van der Waals surface area contributed by atoms with Crippen molar-refractivity contribution < 1.29 is 16.0 Å². The van der Waals surface area contributed by atoms with Crippen LogP contribution in [0.1, 0.15) is 33.6 Å². The van der Waals surface area contributed by atoms with E-state index in [1.807, 2.05) is 38.1 Å². The zero-order valence-electron chi connectivity index (χ0n) is 14.7. The average Bonchev–Trinajstić information content (AvgIpc) is 3.33. The van der Waals surface area contributed by atoms with E-state index in [2.05, 4.69) is 5.32 Å². The Kier molecular flexibility index (Phi) is 6.55. The Morgan fingerprint density at radius 2 is 2.05 bits per heavy atom. The molecular weight excluding hydrogens is 278 g/mol. The van der Waals surface area contributed by atoms with E-state index in [9.17, 15) is 5.11 Å². The smallest absolute Gasteiger partial charge is 0.119 e. The minimum absolute atomic E-state index is 0.0590. The van der Waals surface area contributed by atoms with Crippen molar-refractivity contribution in [1.82, 2.24) is 5.32 Å². The number of benzene rings is 1. The minimum Gasteiger partial charge on any atom is -0.491 e. The second-order valence-electron chi connectivity index (χ2n) is 6.30. The van der Waals surface area contributed by atoms with Gasteiger partial charge in [-0.2, -0.15) is 0 Å². The highest BCUT2D eigenvalue weighted by atomic mass is 16.5. The molecule has 1 saturated carbocycles. The molecular formula is C18H29NO3. The monoisotopic (exact) mass is 308 g/mol. The third kappa shape index (κ3) is 7.25. The Balaban J connectivity index is 1.66.